The van der Waals surface area contributed by atoms with E-state index in [2.05, 4.69) is 20.4 Å². The van der Waals surface area contributed by atoms with Gasteiger partial charge in [-0.3, -0.25) is 9.69 Å². The maximum Gasteiger partial charge on any atom is 0.240 e. The molecule has 2 saturated heterocycles. The average molecular weight is 380 g/mol. The summed E-state index contributed by atoms with van der Waals surface area (Å²) in [5, 5.41) is 7.16. The quantitative estimate of drug-likeness (QED) is 0.829. The smallest absolute Gasteiger partial charge is 0.240 e. The molecule has 2 aliphatic heterocycles. The van der Waals surface area contributed by atoms with Crippen LogP contribution in [0.5, 0.6) is 0 Å². The van der Waals surface area contributed by atoms with Crippen molar-refractivity contribution in [1.82, 2.24) is 25.3 Å². The Kier molecular flexibility index (Phi) is 8.97. The maximum atomic E-state index is 12.3. The van der Waals surface area contributed by atoms with E-state index in [0.717, 1.165) is 45.7 Å². The lowest BCUT2D eigenvalue weighted by Crippen LogP contribution is -2.48. The lowest BCUT2D eigenvalue weighted by atomic mass is 10.0. The first-order valence-corrected chi connectivity index (χ1v) is 8.21. The van der Waals surface area contributed by atoms with Gasteiger partial charge < -0.3 is 14.7 Å². The number of rotatable bonds is 5. The molecule has 1 atom stereocenters. The summed E-state index contributed by atoms with van der Waals surface area (Å²) in [6.07, 6.45) is 2.92. The van der Waals surface area contributed by atoms with Gasteiger partial charge in [-0.05, 0) is 38.8 Å². The molecule has 2 aliphatic rings. The van der Waals surface area contributed by atoms with E-state index in [4.69, 9.17) is 4.52 Å². The number of nitrogens with zero attached hydrogens (tertiary/aromatic N) is 4. The summed E-state index contributed by atoms with van der Waals surface area (Å²) in [4.78, 5) is 20.8. The zero-order valence-corrected chi connectivity index (χ0v) is 15.7. The molecule has 0 aromatic carbocycles. The molecule has 0 radical (unpaired) electrons. The summed E-state index contributed by atoms with van der Waals surface area (Å²) in [6, 6.07) is 0. The molecule has 3 heterocycles. The normalized spacial score (nSPS) is 21.2. The van der Waals surface area contributed by atoms with Crippen molar-refractivity contribution >= 4 is 30.7 Å². The molecular formula is C15H27Cl2N5O2. The van der Waals surface area contributed by atoms with Crippen LogP contribution in [-0.4, -0.2) is 65.1 Å². The van der Waals surface area contributed by atoms with Gasteiger partial charge in [0.25, 0.3) is 0 Å². The Labute approximate surface area is 155 Å². The van der Waals surface area contributed by atoms with Crippen LogP contribution < -0.4 is 5.32 Å². The van der Waals surface area contributed by atoms with E-state index in [1.165, 1.54) is 6.42 Å². The maximum absolute atomic E-state index is 12.3. The topological polar surface area (TPSA) is 74.5 Å². The second kappa shape index (κ2) is 10.2. The lowest BCUT2D eigenvalue weighted by molar-refractivity contribution is -0.133. The fourth-order valence-electron chi connectivity index (χ4n) is 3.20. The number of hydrogen-bond acceptors (Lipinski definition) is 6. The molecular weight excluding hydrogens is 353 g/mol. The van der Waals surface area contributed by atoms with Gasteiger partial charge in [0, 0.05) is 32.6 Å². The Morgan fingerprint density at radius 1 is 1.29 bits per heavy atom. The molecule has 1 aromatic rings. The van der Waals surface area contributed by atoms with Crippen LogP contribution in [0.15, 0.2) is 4.52 Å². The average Bonchev–Trinajstić information content (AvgIpc) is 3.17. The predicted molar refractivity (Wildman–Crippen MR) is 95.6 cm³/mol. The first-order chi connectivity index (χ1) is 10.7. The second-order valence-electron chi connectivity index (χ2n) is 6.29. The molecule has 1 aromatic heterocycles. The molecule has 7 nitrogen and oxygen atoms in total. The van der Waals surface area contributed by atoms with Crippen molar-refractivity contribution in [3.8, 4) is 0 Å². The van der Waals surface area contributed by atoms with Gasteiger partial charge >= 0.3 is 0 Å². The number of nitrogens with one attached hydrogen (secondary N) is 1. The van der Waals surface area contributed by atoms with Crippen molar-refractivity contribution in [2.75, 3.05) is 39.3 Å². The van der Waals surface area contributed by atoms with Gasteiger partial charge in [0.2, 0.25) is 11.8 Å². The molecule has 1 amide bonds. The van der Waals surface area contributed by atoms with Crippen molar-refractivity contribution < 1.29 is 9.32 Å². The minimum absolute atomic E-state index is 0. The molecule has 138 valence electrons. The Morgan fingerprint density at radius 3 is 2.62 bits per heavy atom. The van der Waals surface area contributed by atoms with Gasteiger partial charge in [0.1, 0.15) is 0 Å². The zero-order valence-electron chi connectivity index (χ0n) is 14.1. The van der Waals surface area contributed by atoms with Crippen molar-refractivity contribution in [1.29, 1.82) is 0 Å². The predicted octanol–water partition coefficient (Wildman–Crippen LogP) is 1.26. The van der Waals surface area contributed by atoms with Crippen LogP contribution in [-0.2, 0) is 11.3 Å². The van der Waals surface area contributed by atoms with Crippen molar-refractivity contribution in [2.45, 2.75) is 32.7 Å². The Morgan fingerprint density at radius 2 is 2.04 bits per heavy atom. The van der Waals surface area contributed by atoms with Crippen LogP contribution in [0.2, 0.25) is 0 Å². The summed E-state index contributed by atoms with van der Waals surface area (Å²) >= 11 is 0. The largest absolute Gasteiger partial charge is 0.340 e. The van der Waals surface area contributed by atoms with Crippen molar-refractivity contribution in [3.63, 3.8) is 0 Å². The first kappa shape index (κ1) is 21.2. The highest BCUT2D eigenvalue weighted by Crippen LogP contribution is 2.16. The van der Waals surface area contributed by atoms with Gasteiger partial charge in [-0.2, -0.15) is 4.98 Å². The van der Waals surface area contributed by atoms with Gasteiger partial charge in [-0.1, -0.05) is 5.16 Å². The SMILES string of the molecule is Cc1noc(CN2CCN(C(=O)CCC3CCNC3)CC2)n1.Cl.Cl. The third-order valence-corrected chi connectivity index (χ3v) is 4.58. The highest BCUT2D eigenvalue weighted by molar-refractivity contribution is 5.85. The Hall–Kier alpha value is -0.890. The molecule has 2 fully saturated rings. The van der Waals surface area contributed by atoms with E-state index in [0.29, 0.717) is 36.5 Å². The number of hydrogen-bond donors (Lipinski definition) is 1. The lowest BCUT2D eigenvalue weighted by Gasteiger charge is -2.34. The monoisotopic (exact) mass is 379 g/mol. The highest BCUT2D eigenvalue weighted by atomic mass is 35.5. The molecule has 24 heavy (non-hydrogen) atoms. The number of piperazine rings is 1. The van der Waals surface area contributed by atoms with Crippen LogP contribution in [0.4, 0.5) is 0 Å². The van der Waals surface area contributed by atoms with Gasteiger partial charge in [-0.25, -0.2) is 0 Å². The summed E-state index contributed by atoms with van der Waals surface area (Å²) in [6.45, 7) is 8.03. The van der Waals surface area contributed by atoms with E-state index < -0.39 is 0 Å². The zero-order chi connectivity index (χ0) is 15.4. The molecule has 0 bridgehead atoms. The Balaban J connectivity index is 0.00000144. The van der Waals surface area contributed by atoms with Crippen LogP contribution in [0.25, 0.3) is 0 Å². The molecule has 3 rings (SSSR count). The molecule has 1 unspecified atom stereocenters. The number of halogens is 2. The number of amides is 1. The van der Waals surface area contributed by atoms with Crippen LogP contribution in [0.1, 0.15) is 31.0 Å². The van der Waals surface area contributed by atoms with Crippen molar-refractivity contribution in [2.24, 2.45) is 5.92 Å². The van der Waals surface area contributed by atoms with Crippen LogP contribution >= 0.6 is 24.8 Å². The van der Waals surface area contributed by atoms with Gasteiger partial charge in [0.05, 0.1) is 6.54 Å². The van der Waals surface area contributed by atoms with E-state index >= 15 is 0 Å². The summed E-state index contributed by atoms with van der Waals surface area (Å²) in [5.74, 6) is 2.32. The molecule has 0 aliphatic carbocycles. The minimum atomic E-state index is 0. The third kappa shape index (κ3) is 5.88. The second-order valence-corrected chi connectivity index (χ2v) is 6.29. The van der Waals surface area contributed by atoms with E-state index in [1.807, 2.05) is 11.8 Å². The number of aromatic nitrogens is 2. The van der Waals surface area contributed by atoms with E-state index in [-0.39, 0.29) is 24.8 Å². The fourth-order valence-corrected chi connectivity index (χ4v) is 3.20. The van der Waals surface area contributed by atoms with E-state index in [9.17, 15) is 4.79 Å². The number of aryl methyl sites for hydroxylation is 1. The minimum Gasteiger partial charge on any atom is -0.340 e. The summed E-state index contributed by atoms with van der Waals surface area (Å²) < 4.78 is 5.15. The summed E-state index contributed by atoms with van der Waals surface area (Å²) in [5.41, 5.74) is 0. The first-order valence-electron chi connectivity index (χ1n) is 8.21. The summed E-state index contributed by atoms with van der Waals surface area (Å²) in [7, 11) is 0. The molecule has 9 heteroatoms. The van der Waals surface area contributed by atoms with Crippen LogP contribution in [0.3, 0.4) is 0 Å². The fraction of sp³-hybridized carbons (Fsp3) is 0.800. The molecule has 0 saturated carbocycles. The molecule has 0 spiro atoms. The Bertz CT molecular complexity index is 500. The van der Waals surface area contributed by atoms with Gasteiger partial charge in [-0.15, -0.1) is 24.8 Å². The molecule has 1 N–H and O–H groups in total. The number of carbonyl (C=O) groups is 1. The third-order valence-electron chi connectivity index (χ3n) is 4.58. The highest BCUT2D eigenvalue weighted by Gasteiger charge is 2.23. The van der Waals surface area contributed by atoms with Crippen molar-refractivity contribution in [3.05, 3.63) is 11.7 Å². The van der Waals surface area contributed by atoms with Crippen LogP contribution in [0, 0.1) is 12.8 Å². The van der Waals surface area contributed by atoms with E-state index in [1.54, 1.807) is 0 Å². The standard InChI is InChI=1S/C15H25N5O2.2ClH/c1-12-17-14(22-18-12)11-19-6-8-20(9-7-19)15(21)3-2-13-4-5-16-10-13;;/h13,16H,2-11H2,1H3;2*1H. The number of carbonyl (C=O) groups excluding carboxylic acids is 1. The van der Waals surface area contributed by atoms with Gasteiger partial charge in [0.15, 0.2) is 5.82 Å².